The fraction of sp³-hybridized carbons (Fsp3) is 0.895. The number of amides is 1. The Labute approximate surface area is 158 Å². The van der Waals surface area contributed by atoms with Crippen LogP contribution in [0.4, 0.5) is 4.79 Å². The zero-order valence-corrected chi connectivity index (χ0v) is 16.8. The molecule has 0 unspecified atom stereocenters. The van der Waals surface area contributed by atoms with Crippen LogP contribution in [0.3, 0.4) is 0 Å². The van der Waals surface area contributed by atoms with Crippen LogP contribution in [0.25, 0.3) is 0 Å². The summed E-state index contributed by atoms with van der Waals surface area (Å²) >= 11 is 0. The predicted molar refractivity (Wildman–Crippen MR) is 106 cm³/mol. The van der Waals surface area contributed by atoms with Crippen LogP contribution in [0.15, 0.2) is 4.99 Å². The van der Waals surface area contributed by atoms with Crippen molar-refractivity contribution in [2.45, 2.75) is 64.5 Å². The van der Waals surface area contributed by atoms with Crippen molar-refractivity contribution in [2.75, 3.05) is 46.4 Å². The van der Waals surface area contributed by atoms with Crippen molar-refractivity contribution in [1.82, 2.24) is 20.4 Å². The highest BCUT2D eigenvalue weighted by atomic mass is 16.6. The maximum atomic E-state index is 11.8. The molecule has 1 heterocycles. The van der Waals surface area contributed by atoms with Gasteiger partial charge in [-0.2, -0.15) is 0 Å². The summed E-state index contributed by atoms with van der Waals surface area (Å²) in [7, 11) is 2.22. The largest absolute Gasteiger partial charge is 0.450 e. The Bertz CT molecular complexity index is 443. The number of piperidine rings is 1. The van der Waals surface area contributed by atoms with E-state index in [0.29, 0.717) is 12.6 Å². The number of carbonyl (C=O) groups excluding carboxylic acids is 1. The van der Waals surface area contributed by atoms with Crippen LogP contribution in [0, 0.1) is 0 Å². The lowest BCUT2D eigenvalue weighted by atomic mass is 10.1. The topological polar surface area (TPSA) is 69.2 Å². The molecule has 7 heteroatoms. The Kier molecular flexibility index (Phi) is 9.01. The van der Waals surface area contributed by atoms with E-state index in [1.165, 1.54) is 25.7 Å². The summed E-state index contributed by atoms with van der Waals surface area (Å²) in [4.78, 5) is 20.8. The van der Waals surface area contributed by atoms with Crippen LogP contribution < -0.4 is 10.6 Å². The molecule has 0 atom stereocenters. The molecule has 2 fully saturated rings. The van der Waals surface area contributed by atoms with Gasteiger partial charge in [-0.15, -0.1) is 0 Å². The van der Waals surface area contributed by atoms with Crippen molar-refractivity contribution >= 4 is 12.1 Å². The van der Waals surface area contributed by atoms with E-state index in [9.17, 15) is 4.79 Å². The monoisotopic (exact) mass is 367 g/mol. The Morgan fingerprint density at radius 3 is 2.50 bits per heavy atom. The highest BCUT2D eigenvalue weighted by Crippen LogP contribution is 2.21. The molecule has 2 aliphatic rings. The molecule has 1 aliphatic heterocycles. The van der Waals surface area contributed by atoms with E-state index in [4.69, 9.17) is 9.73 Å². The fourth-order valence-electron chi connectivity index (χ4n) is 3.78. The normalized spacial score (nSPS) is 19.8. The summed E-state index contributed by atoms with van der Waals surface area (Å²) in [6.07, 6.45) is 7.05. The minimum absolute atomic E-state index is 0.193. The highest BCUT2D eigenvalue weighted by Gasteiger charge is 2.24. The molecule has 1 amide bonds. The van der Waals surface area contributed by atoms with E-state index >= 15 is 0 Å². The summed E-state index contributed by atoms with van der Waals surface area (Å²) in [5.74, 6) is 0.891. The molecule has 0 bridgehead atoms. The van der Waals surface area contributed by atoms with E-state index in [2.05, 4.69) is 29.5 Å². The number of hydrogen-bond donors (Lipinski definition) is 2. The molecule has 7 nitrogen and oxygen atoms in total. The molecule has 0 aromatic heterocycles. The van der Waals surface area contributed by atoms with Gasteiger partial charge in [0.2, 0.25) is 0 Å². The summed E-state index contributed by atoms with van der Waals surface area (Å²) in [5.41, 5.74) is 0. The molecule has 0 radical (unpaired) electrons. The maximum absolute atomic E-state index is 11.8. The van der Waals surface area contributed by atoms with Crippen LogP contribution in [-0.2, 0) is 4.74 Å². The molecule has 26 heavy (non-hydrogen) atoms. The molecule has 0 aromatic rings. The first kappa shape index (κ1) is 20.8. The number of aliphatic imine (C=N–C) groups is 1. The summed E-state index contributed by atoms with van der Waals surface area (Å²) < 4.78 is 5.08. The van der Waals surface area contributed by atoms with E-state index in [1.807, 2.05) is 6.92 Å². The second kappa shape index (κ2) is 11.3. The molecule has 2 N–H and O–H groups in total. The zero-order chi connectivity index (χ0) is 18.8. The molecule has 1 saturated carbocycles. The number of rotatable bonds is 7. The van der Waals surface area contributed by atoms with Gasteiger partial charge >= 0.3 is 6.09 Å². The average molecular weight is 368 g/mol. The molecule has 1 aliphatic carbocycles. The molecular formula is C19H37N5O2. The molecule has 150 valence electrons. The number of likely N-dealkylation sites (N-methyl/N-ethyl adjacent to an activating group) is 1. The van der Waals surface area contributed by atoms with Gasteiger partial charge in [-0.1, -0.05) is 12.8 Å². The summed E-state index contributed by atoms with van der Waals surface area (Å²) in [5, 5.41) is 6.88. The van der Waals surface area contributed by atoms with Gasteiger partial charge in [0.1, 0.15) is 0 Å². The quantitative estimate of drug-likeness (QED) is 0.532. The molecule has 2 rings (SSSR count). The lowest BCUT2D eigenvalue weighted by Crippen LogP contribution is -2.50. The Hall–Kier alpha value is -1.50. The van der Waals surface area contributed by atoms with Gasteiger partial charge in [-0.3, -0.25) is 4.99 Å². The number of hydrogen-bond acceptors (Lipinski definition) is 4. The first-order valence-electron chi connectivity index (χ1n) is 10.3. The molecule has 0 aromatic carbocycles. The van der Waals surface area contributed by atoms with Crippen LogP contribution in [-0.4, -0.2) is 80.3 Å². The third-order valence-electron chi connectivity index (χ3n) is 5.38. The summed E-state index contributed by atoms with van der Waals surface area (Å²) in [6, 6.07) is 1.10. The van der Waals surface area contributed by atoms with Crippen LogP contribution >= 0.6 is 0 Å². The minimum Gasteiger partial charge on any atom is -0.450 e. The second-order valence-corrected chi connectivity index (χ2v) is 7.28. The third-order valence-corrected chi connectivity index (χ3v) is 5.38. The summed E-state index contributed by atoms with van der Waals surface area (Å²) in [6.45, 7) is 8.50. The average Bonchev–Trinajstić information content (AvgIpc) is 3.17. The zero-order valence-electron chi connectivity index (χ0n) is 16.8. The SMILES string of the molecule is CCNC(=NCCN(C)C1CCCC1)NC1CCN(C(=O)OCC)CC1. The van der Waals surface area contributed by atoms with Crippen molar-refractivity contribution in [3.63, 3.8) is 0 Å². The number of carbonyl (C=O) groups is 1. The van der Waals surface area contributed by atoms with E-state index < -0.39 is 0 Å². The highest BCUT2D eigenvalue weighted by molar-refractivity contribution is 5.80. The van der Waals surface area contributed by atoms with Gasteiger partial charge in [-0.05, 0) is 46.6 Å². The maximum Gasteiger partial charge on any atom is 0.409 e. The molecule has 1 saturated heterocycles. The Morgan fingerprint density at radius 2 is 1.88 bits per heavy atom. The molecular weight excluding hydrogens is 330 g/mol. The van der Waals surface area contributed by atoms with E-state index in [-0.39, 0.29) is 6.09 Å². The smallest absolute Gasteiger partial charge is 0.409 e. The Balaban J connectivity index is 1.74. The van der Waals surface area contributed by atoms with Crippen molar-refractivity contribution in [3.8, 4) is 0 Å². The minimum atomic E-state index is -0.193. The lowest BCUT2D eigenvalue weighted by molar-refractivity contribution is 0.0963. The number of guanidine groups is 1. The van der Waals surface area contributed by atoms with Gasteiger partial charge in [-0.25, -0.2) is 4.79 Å². The molecule has 0 spiro atoms. The number of nitrogens with one attached hydrogen (secondary N) is 2. The first-order valence-corrected chi connectivity index (χ1v) is 10.3. The Morgan fingerprint density at radius 1 is 1.19 bits per heavy atom. The number of nitrogens with zero attached hydrogens (tertiary/aromatic N) is 3. The van der Waals surface area contributed by atoms with Gasteiger partial charge in [0.05, 0.1) is 13.2 Å². The van der Waals surface area contributed by atoms with Crippen molar-refractivity contribution in [1.29, 1.82) is 0 Å². The van der Waals surface area contributed by atoms with Crippen LogP contribution in [0.5, 0.6) is 0 Å². The van der Waals surface area contributed by atoms with Crippen molar-refractivity contribution < 1.29 is 9.53 Å². The van der Waals surface area contributed by atoms with Crippen LogP contribution in [0.2, 0.25) is 0 Å². The van der Waals surface area contributed by atoms with Crippen molar-refractivity contribution in [3.05, 3.63) is 0 Å². The van der Waals surface area contributed by atoms with Crippen molar-refractivity contribution in [2.24, 2.45) is 4.99 Å². The second-order valence-electron chi connectivity index (χ2n) is 7.28. The first-order chi connectivity index (χ1) is 12.6. The lowest BCUT2D eigenvalue weighted by Gasteiger charge is -2.32. The van der Waals surface area contributed by atoms with E-state index in [0.717, 1.165) is 57.6 Å². The number of ether oxygens (including phenoxy) is 1. The van der Waals surface area contributed by atoms with Gasteiger partial charge in [0.15, 0.2) is 5.96 Å². The van der Waals surface area contributed by atoms with E-state index in [1.54, 1.807) is 4.90 Å². The number of likely N-dealkylation sites (tertiary alicyclic amines) is 1. The third kappa shape index (κ3) is 6.67. The van der Waals surface area contributed by atoms with Gasteiger partial charge in [0.25, 0.3) is 0 Å². The van der Waals surface area contributed by atoms with Gasteiger partial charge < -0.3 is 25.2 Å². The predicted octanol–water partition coefficient (Wildman–Crippen LogP) is 2.04. The van der Waals surface area contributed by atoms with Gasteiger partial charge in [0, 0.05) is 38.3 Å². The fourth-order valence-corrected chi connectivity index (χ4v) is 3.78. The van der Waals surface area contributed by atoms with Crippen LogP contribution in [0.1, 0.15) is 52.4 Å². The standard InChI is InChI=1S/C19H37N5O2/c1-4-20-18(21-12-15-23(3)17-8-6-7-9-17)22-16-10-13-24(14-11-16)19(25)26-5-2/h16-17H,4-15H2,1-3H3,(H2,20,21,22).